The number of rotatable bonds is 6. The molecule has 1 aromatic carbocycles. The largest absolute Gasteiger partial charge is 0.454 e. The van der Waals surface area contributed by atoms with Crippen LogP contribution >= 0.6 is 0 Å². The molecule has 0 fully saturated rings. The van der Waals surface area contributed by atoms with E-state index in [1.807, 2.05) is 0 Å². The van der Waals surface area contributed by atoms with Crippen molar-refractivity contribution in [3.63, 3.8) is 0 Å². The molecule has 0 spiro atoms. The zero-order valence-corrected chi connectivity index (χ0v) is 16.8. The van der Waals surface area contributed by atoms with Crippen LogP contribution in [-0.4, -0.2) is 34.6 Å². The summed E-state index contributed by atoms with van der Waals surface area (Å²) in [5.74, 6) is 0.416. The van der Waals surface area contributed by atoms with Crippen molar-refractivity contribution < 1.29 is 27.4 Å². The highest BCUT2D eigenvalue weighted by Crippen LogP contribution is 2.34. The molecule has 11 heteroatoms. The molecule has 0 aliphatic carbocycles. The normalized spacial score (nSPS) is 12.9. The zero-order chi connectivity index (χ0) is 23.4. The minimum absolute atomic E-state index is 0.0984. The van der Waals surface area contributed by atoms with Crippen LogP contribution in [0.5, 0.6) is 11.5 Å². The number of amides is 1. The molecule has 33 heavy (non-hydrogen) atoms. The van der Waals surface area contributed by atoms with Gasteiger partial charge in [-0.1, -0.05) is 0 Å². The second kappa shape index (κ2) is 8.99. The molecule has 1 amide bonds. The van der Waals surface area contributed by atoms with Crippen LogP contribution in [-0.2, 0) is 0 Å². The van der Waals surface area contributed by atoms with Crippen molar-refractivity contribution in [3.05, 3.63) is 84.0 Å². The molecule has 1 aliphatic heterocycles. The van der Waals surface area contributed by atoms with Gasteiger partial charge in [-0.25, -0.2) is 4.98 Å². The summed E-state index contributed by atoms with van der Waals surface area (Å²) in [7, 11) is 0. The molecule has 0 atom stereocenters. The molecule has 3 aromatic rings. The Labute approximate surface area is 185 Å². The third-order valence-electron chi connectivity index (χ3n) is 4.49. The molecule has 0 saturated heterocycles. The summed E-state index contributed by atoms with van der Waals surface area (Å²) in [5, 5.41) is 12.7. The molecule has 8 nitrogen and oxygen atoms in total. The van der Waals surface area contributed by atoms with Crippen LogP contribution in [0.4, 0.5) is 24.7 Å². The van der Waals surface area contributed by atoms with Crippen LogP contribution in [0.25, 0.3) is 0 Å². The fraction of sp³-hybridized carbons (Fsp3) is 0.0909. The second-order valence-corrected chi connectivity index (χ2v) is 6.79. The first-order valence-electron chi connectivity index (χ1n) is 9.51. The lowest BCUT2D eigenvalue weighted by molar-refractivity contribution is -0.0901. The monoisotopic (exact) mass is 455 g/mol. The van der Waals surface area contributed by atoms with Gasteiger partial charge in [0.15, 0.2) is 11.5 Å². The third-order valence-corrected chi connectivity index (χ3v) is 4.49. The molecular weight excluding hydrogens is 439 g/mol. The van der Waals surface area contributed by atoms with Gasteiger partial charge in [-0.05, 0) is 42.5 Å². The second-order valence-electron chi connectivity index (χ2n) is 6.79. The number of nitrogens with zero attached hydrogens (tertiary/aromatic N) is 2. The minimum atomic E-state index is -4.76. The number of hydrogen-bond acceptors (Lipinski definition) is 7. The topological polar surface area (TPSA) is 109 Å². The first kappa shape index (κ1) is 21.8. The van der Waals surface area contributed by atoms with Gasteiger partial charge in [0.05, 0.1) is 11.3 Å². The van der Waals surface area contributed by atoms with E-state index in [9.17, 15) is 18.0 Å². The van der Waals surface area contributed by atoms with E-state index >= 15 is 0 Å². The van der Waals surface area contributed by atoms with Crippen LogP contribution in [0.2, 0.25) is 0 Å². The molecule has 0 bridgehead atoms. The summed E-state index contributed by atoms with van der Waals surface area (Å²) < 4.78 is 50.9. The van der Waals surface area contributed by atoms with Crippen molar-refractivity contribution in [1.29, 1.82) is 5.41 Å². The van der Waals surface area contributed by atoms with E-state index in [0.29, 0.717) is 23.3 Å². The highest BCUT2D eigenvalue weighted by Gasteiger charge is 2.34. The van der Waals surface area contributed by atoms with Gasteiger partial charge in [0.25, 0.3) is 5.91 Å². The van der Waals surface area contributed by atoms with Crippen molar-refractivity contribution in [2.75, 3.05) is 17.4 Å². The van der Waals surface area contributed by atoms with Crippen molar-refractivity contribution >= 4 is 23.1 Å². The van der Waals surface area contributed by atoms with Crippen LogP contribution in [0.15, 0.2) is 72.8 Å². The lowest BCUT2D eigenvalue weighted by atomic mass is 10.1. The Morgan fingerprint density at radius 3 is 2.55 bits per heavy atom. The number of allylic oxidation sites excluding steroid dienone is 2. The summed E-state index contributed by atoms with van der Waals surface area (Å²) in [5.41, 5.74) is -0.727. The molecule has 3 heterocycles. The van der Waals surface area contributed by atoms with E-state index < -0.39 is 17.8 Å². The lowest BCUT2D eigenvalue weighted by Gasteiger charge is -2.14. The molecule has 0 saturated carbocycles. The summed E-state index contributed by atoms with van der Waals surface area (Å²) in [4.78, 5) is 20.1. The summed E-state index contributed by atoms with van der Waals surface area (Å²) >= 11 is 0. The number of pyridine rings is 2. The predicted molar refractivity (Wildman–Crippen MR) is 114 cm³/mol. The number of aromatic nitrogens is 2. The molecule has 168 valence electrons. The van der Waals surface area contributed by atoms with Gasteiger partial charge in [0.1, 0.15) is 11.5 Å². The number of nitrogens with one attached hydrogen (secondary N) is 3. The molecule has 2 aromatic heterocycles. The van der Waals surface area contributed by atoms with E-state index in [4.69, 9.17) is 14.9 Å². The van der Waals surface area contributed by atoms with Crippen molar-refractivity contribution in [1.82, 2.24) is 9.97 Å². The number of halogens is 3. The van der Waals surface area contributed by atoms with E-state index in [-0.39, 0.29) is 29.4 Å². The maximum atomic E-state index is 13.5. The highest BCUT2D eigenvalue weighted by atomic mass is 19.4. The Balaban J connectivity index is 1.46. The van der Waals surface area contributed by atoms with Crippen LogP contribution in [0.1, 0.15) is 15.9 Å². The number of carbonyl (C=O) groups excluding carboxylic acids is 1. The Kier molecular flexibility index (Phi) is 5.94. The molecule has 3 N–H and O–H groups in total. The van der Waals surface area contributed by atoms with E-state index in [1.54, 1.807) is 18.2 Å². The van der Waals surface area contributed by atoms with Gasteiger partial charge in [-0.2, -0.15) is 13.2 Å². The Morgan fingerprint density at radius 1 is 1.03 bits per heavy atom. The van der Waals surface area contributed by atoms with Gasteiger partial charge < -0.3 is 25.5 Å². The first-order valence-corrected chi connectivity index (χ1v) is 9.51. The minimum Gasteiger partial charge on any atom is -0.454 e. The molecule has 0 radical (unpaired) electrons. The van der Waals surface area contributed by atoms with Gasteiger partial charge >= 0.3 is 6.18 Å². The Hall–Kier alpha value is -4.41. The maximum Gasteiger partial charge on any atom is 0.431 e. The molecule has 0 unspecified atom stereocenters. The zero-order valence-electron chi connectivity index (χ0n) is 16.8. The summed E-state index contributed by atoms with van der Waals surface area (Å²) in [6, 6.07) is 10.4. The highest BCUT2D eigenvalue weighted by molar-refractivity contribution is 6.07. The van der Waals surface area contributed by atoms with Crippen molar-refractivity contribution in [2.24, 2.45) is 0 Å². The van der Waals surface area contributed by atoms with Crippen molar-refractivity contribution in [2.45, 2.75) is 6.18 Å². The fourth-order valence-electron chi connectivity index (χ4n) is 2.86. The molecule has 1 aliphatic rings. The van der Waals surface area contributed by atoms with Crippen LogP contribution < -0.4 is 20.1 Å². The predicted octanol–water partition coefficient (Wildman–Crippen LogP) is 4.38. The Morgan fingerprint density at radius 2 is 1.85 bits per heavy atom. The van der Waals surface area contributed by atoms with Gasteiger partial charge in [-0.3, -0.25) is 9.78 Å². The van der Waals surface area contributed by atoms with E-state index in [1.165, 1.54) is 36.7 Å². The fourth-order valence-corrected chi connectivity index (χ4v) is 2.86. The first-order chi connectivity index (χ1) is 15.8. The number of alkyl halides is 3. The standard InChI is InChI=1S/C22H16F3N5O3/c23-22(24,25)19(9-16(26)13-2-1-7-27-10-13)30-20-6-3-14(11-28-20)21(31)29-15-4-5-17-18(8-15)33-12-32-17/h1-11,26H,12H2,(H,28,30)(H,29,31)/b19-9-,26-16?. The smallest absolute Gasteiger partial charge is 0.431 e. The molecule has 4 rings (SSSR count). The average Bonchev–Trinajstić information content (AvgIpc) is 3.27. The van der Waals surface area contributed by atoms with E-state index in [2.05, 4.69) is 20.6 Å². The van der Waals surface area contributed by atoms with E-state index in [0.717, 1.165) is 6.20 Å². The average molecular weight is 455 g/mol. The Bertz CT molecular complexity index is 1210. The number of ether oxygens (including phenoxy) is 2. The summed E-state index contributed by atoms with van der Waals surface area (Å²) in [6.07, 6.45) is -0.216. The van der Waals surface area contributed by atoms with Crippen LogP contribution in [0, 0.1) is 5.41 Å². The number of benzene rings is 1. The number of fused-ring (bicyclic) bond motifs is 1. The van der Waals surface area contributed by atoms with Crippen LogP contribution in [0.3, 0.4) is 0 Å². The molecular formula is C22H16F3N5O3. The SMILES string of the molecule is N=C(/C=C(\Nc1ccc(C(=O)Nc2ccc3c(c2)OCO3)cn1)C(F)(F)F)c1cccnc1. The number of anilines is 2. The van der Waals surface area contributed by atoms with Gasteiger partial charge in [0, 0.05) is 35.9 Å². The quantitative estimate of drug-likeness (QED) is 0.476. The number of carbonyl (C=O) groups is 1. The maximum absolute atomic E-state index is 13.5. The third kappa shape index (κ3) is 5.26. The number of hydrogen-bond donors (Lipinski definition) is 3. The summed E-state index contributed by atoms with van der Waals surface area (Å²) in [6.45, 7) is 0.0984. The van der Waals surface area contributed by atoms with Gasteiger partial charge in [-0.15, -0.1) is 0 Å². The lowest BCUT2D eigenvalue weighted by Crippen LogP contribution is -2.21. The van der Waals surface area contributed by atoms with Crippen molar-refractivity contribution in [3.8, 4) is 11.5 Å². The van der Waals surface area contributed by atoms with Gasteiger partial charge in [0.2, 0.25) is 6.79 Å².